The van der Waals surface area contributed by atoms with Crippen LogP contribution in [0.15, 0.2) is 35.2 Å². The van der Waals surface area contributed by atoms with Crippen LogP contribution >= 0.6 is 0 Å². The molecule has 176 valence electrons. The number of hydrogen-bond acceptors (Lipinski definition) is 5. The van der Waals surface area contributed by atoms with Crippen LogP contribution in [0.3, 0.4) is 0 Å². The van der Waals surface area contributed by atoms with Crippen LogP contribution in [0, 0.1) is 26.7 Å². The number of piperidine rings is 1. The molecule has 4 rings (SSSR count). The molecule has 2 heterocycles. The van der Waals surface area contributed by atoms with Crippen molar-refractivity contribution in [1.29, 1.82) is 0 Å². The number of fused-ring (bicyclic) bond motifs is 1. The van der Waals surface area contributed by atoms with Gasteiger partial charge in [-0.15, -0.1) is 0 Å². The molecule has 2 aliphatic heterocycles. The largest absolute Gasteiger partial charge is 0.479 e. The zero-order valence-corrected chi connectivity index (χ0v) is 20.1. The molecule has 8 nitrogen and oxygen atoms in total. The van der Waals surface area contributed by atoms with E-state index in [1.165, 1.54) is 10.4 Å². The summed E-state index contributed by atoms with van der Waals surface area (Å²) in [6, 6.07) is 8.81. The van der Waals surface area contributed by atoms with E-state index in [0.29, 0.717) is 36.4 Å². The molecule has 2 aromatic rings. The molecular formula is C24H29N3O5S. The summed E-state index contributed by atoms with van der Waals surface area (Å²) in [6.45, 7) is 7.69. The maximum atomic E-state index is 13.5. The number of amides is 2. The minimum atomic E-state index is -3.85. The number of benzene rings is 2. The fourth-order valence-electron chi connectivity index (χ4n) is 4.26. The molecule has 1 saturated heterocycles. The molecular weight excluding hydrogens is 442 g/mol. The highest BCUT2D eigenvalue weighted by Crippen LogP contribution is 2.36. The van der Waals surface area contributed by atoms with Crippen LogP contribution in [-0.4, -0.2) is 43.7 Å². The normalized spacial score (nSPS) is 21.0. The first-order valence-corrected chi connectivity index (χ1v) is 12.5. The van der Waals surface area contributed by atoms with Gasteiger partial charge in [0.25, 0.3) is 5.91 Å². The third-order valence-corrected chi connectivity index (χ3v) is 8.45. The van der Waals surface area contributed by atoms with Crippen molar-refractivity contribution >= 4 is 33.2 Å². The van der Waals surface area contributed by atoms with E-state index in [9.17, 15) is 18.0 Å². The van der Waals surface area contributed by atoms with Crippen molar-refractivity contribution in [3.8, 4) is 5.75 Å². The molecule has 0 aliphatic carbocycles. The van der Waals surface area contributed by atoms with E-state index in [2.05, 4.69) is 10.6 Å². The number of nitrogens with one attached hydrogen (secondary N) is 2. The van der Waals surface area contributed by atoms with Gasteiger partial charge in [0.1, 0.15) is 5.75 Å². The monoisotopic (exact) mass is 471 g/mol. The second kappa shape index (κ2) is 8.79. The predicted octanol–water partition coefficient (Wildman–Crippen LogP) is 3.37. The van der Waals surface area contributed by atoms with E-state index >= 15 is 0 Å². The standard InChI is InChI=1S/C24H29N3O5S/c1-14-7-5-9-19(16(14)3)25-24(29)18-8-6-10-27(13-18)33(30,31)22-12-21-20(11-15(22)2)26-23(28)17(4)32-21/h5,7,9,11-12,17-18H,6,8,10,13H2,1-4H3,(H,25,29)(H,26,28)/t17-,18+/m0/s1. The van der Waals surface area contributed by atoms with E-state index in [-0.39, 0.29) is 23.3 Å². The highest BCUT2D eigenvalue weighted by molar-refractivity contribution is 7.89. The summed E-state index contributed by atoms with van der Waals surface area (Å²) >= 11 is 0. The molecule has 2 N–H and O–H groups in total. The summed E-state index contributed by atoms with van der Waals surface area (Å²) in [4.78, 5) is 25.0. The van der Waals surface area contributed by atoms with Crippen molar-refractivity contribution < 1.29 is 22.7 Å². The zero-order valence-electron chi connectivity index (χ0n) is 19.3. The molecule has 0 bridgehead atoms. The minimum Gasteiger partial charge on any atom is -0.479 e. The number of anilines is 2. The topological polar surface area (TPSA) is 105 Å². The maximum Gasteiger partial charge on any atom is 0.265 e. The Hall–Kier alpha value is -2.91. The Kier molecular flexibility index (Phi) is 6.20. The number of aryl methyl sites for hydroxylation is 2. The molecule has 2 aromatic carbocycles. The van der Waals surface area contributed by atoms with E-state index < -0.39 is 22.0 Å². The Balaban J connectivity index is 1.55. The van der Waals surface area contributed by atoms with Crippen molar-refractivity contribution in [3.05, 3.63) is 47.0 Å². The summed E-state index contributed by atoms with van der Waals surface area (Å²) < 4.78 is 34.0. The third-order valence-electron chi connectivity index (χ3n) is 6.44. The summed E-state index contributed by atoms with van der Waals surface area (Å²) in [7, 11) is -3.85. The van der Waals surface area contributed by atoms with Crippen molar-refractivity contribution in [2.45, 2.75) is 51.5 Å². The smallest absolute Gasteiger partial charge is 0.265 e. The lowest BCUT2D eigenvalue weighted by Crippen LogP contribution is -2.44. The Morgan fingerprint density at radius 3 is 2.70 bits per heavy atom. The van der Waals surface area contributed by atoms with Gasteiger partial charge in [-0.2, -0.15) is 4.31 Å². The zero-order chi connectivity index (χ0) is 23.9. The van der Waals surface area contributed by atoms with Crippen molar-refractivity contribution in [2.75, 3.05) is 23.7 Å². The number of hydrogen-bond donors (Lipinski definition) is 2. The molecule has 0 aromatic heterocycles. The van der Waals surface area contributed by atoms with Crippen LogP contribution in [0.2, 0.25) is 0 Å². The van der Waals surface area contributed by atoms with Gasteiger partial charge in [-0.25, -0.2) is 8.42 Å². The average Bonchev–Trinajstić information content (AvgIpc) is 2.77. The number of sulfonamides is 1. The van der Waals surface area contributed by atoms with E-state index in [0.717, 1.165) is 16.8 Å². The quantitative estimate of drug-likeness (QED) is 0.711. The summed E-state index contributed by atoms with van der Waals surface area (Å²) in [5.41, 5.74) is 3.79. The lowest BCUT2D eigenvalue weighted by molar-refractivity contribution is -0.123. The first-order valence-electron chi connectivity index (χ1n) is 11.1. The van der Waals surface area contributed by atoms with Gasteiger partial charge in [0, 0.05) is 24.8 Å². The Morgan fingerprint density at radius 2 is 1.94 bits per heavy atom. The van der Waals surface area contributed by atoms with Gasteiger partial charge in [0.2, 0.25) is 15.9 Å². The number of carbonyl (C=O) groups excluding carboxylic acids is 2. The Morgan fingerprint density at radius 1 is 1.18 bits per heavy atom. The van der Waals surface area contributed by atoms with Gasteiger partial charge in [-0.1, -0.05) is 12.1 Å². The van der Waals surface area contributed by atoms with E-state index in [1.807, 2.05) is 32.0 Å². The molecule has 2 amide bonds. The van der Waals surface area contributed by atoms with E-state index in [1.54, 1.807) is 19.9 Å². The lowest BCUT2D eigenvalue weighted by Gasteiger charge is -2.32. The SMILES string of the molecule is Cc1cc2c(cc1S(=O)(=O)N1CCC[C@@H](C(=O)Nc3cccc(C)c3C)C1)O[C@@H](C)C(=O)N2. The molecule has 1 fully saturated rings. The highest BCUT2D eigenvalue weighted by atomic mass is 32.2. The van der Waals surface area contributed by atoms with Gasteiger partial charge >= 0.3 is 0 Å². The van der Waals surface area contributed by atoms with Gasteiger partial charge in [0.15, 0.2) is 6.10 Å². The summed E-state index contributed by atoms with van der Waals surface area (Å²) in [6.07, 6.45) is 0.514. The maximum absolute atomic E-state index is 13.5. The molecule has 9 heteroatoms. The molecule has 33 heavy (non-hydrogen) atoms. The molecule has 2 atom stereocenters. The van der Waals surface area contributed by atoms with Gasteiger partial charge in [-0.3, -0.25) is 9.59 Å². The first-order chi connectivity index (χ1) is 15.6. The van der Waals surface area contributed by atoms with Crippen molar-refractivity contribution in [3.63, 3.8) is 0 Å². The summed E-state index contributed by atoms with van der Waals surface area (Å²) in [5.74, 6) is -0.564. The minimum absolute atomic E-state index is 0.115. The Bertz CT molecular complexity index is 1220. The molecule has 0 unspecified atom stereocenters. The lowest BCUT2D eigenvalue weighted by atomic mass is 9.98. The van der Waals surface area contributed by atoms with Crippen LogP contribution in [0.4, 0.5) is 11.4 Å². The fourth-order valence-corrected chi connectivity index (χ4v) is 6.00. The third kappa shape index (κ3) is 4.47. The predicted molar refractivity (Wildman–Crippen MR) is 126 cm³/mol. The second-order valence-corrected chi connectivity index (χ2v) is 10.7. The number of ether oxygens (including phenoxy) is 1. The molecule has 0 saturated carbocycles. The number of carbonyl (C=O) groups is 2. The van der Waals surface area contributed by atoms with Crippen LogP contribution in [0.1, 0.15) is 36.5 Å². The second-order valence-electron chi connectivity index (χ2n) is 8.80. The van der Waals surface area contributed by atoms with Crippen molar-refractivity contribution in [1.82, 2.24) is 4.31 Å². The van der Waals surface area contributed by atoms with Crippen LogP contribution in [0.25, 0.3) is 0 Å². The molecule has 2 aliphatic rings. The molecule has 0 radical (unpaired) electrons. The van der Waals surface area contributed by atoms with Crippen LogP contribution < -0.4 is 15.4 Å². The fraction of sp³-hybridized carbons (Fsp3) is 0.417. The molecule has 0 spiro atoms. The first kappa shape index (κ1) is 23.3. The Labute approximate surface area is 194 Å². The van der Waals surface area contributed by atoms with Gasteiger partial charge in [-0.05, 0) is 69.4 Å². The van der Waals surface area contributed by atoms with Gasteiger partial charge in [0.05, 0.1) is 16.5 Å². The van der Waals surface area contributed by atoms with Crippen molar-refractivity contribution in [2.24, 2.45) is 5.92 Å². The van der Waals surface area contributed by atoms with Crippen LogP contribution in [0.5, 0.6) is 5.75 Å². The average molecular weight is 472 g/mol. The number of nitrogens with zero attached hydrogens (tertiary/aromatic N) is 1. The van der Waals surface area contributed by atoms with Gasteiger partial charge < -0.3 is 15.4 Å². The summed E-state index contributed by atoms with van der Waals surface area (Å²) in [5, 5.41) is 5.71. The van der Waals surface area contributed by atoms with E-state index in [4.69, 9.17) is 4.74 Å². The highest BCUT2D eigenvalue weighted by Gasteiger charge is 2.35. The van der Waals surface area contributed by atoms with Crippen LogP contribution in [-0.2, 0) is 19.6 Å². The number of rotatable bonds is 4.